The molecule has 1 aromatic carbocycles. The van der Waals surface area contributed by atoms with Crippen LogP contribution in [0.25, 0.3) is 0 Å². The Labute approximate surface area is 185 Å². The summed E-state index contributed by atoms with van der Waals surface area (Å²) in [5.41, 5.74) is 1.93. The minimum atomic E-state index is -3.64. The summed E-state index contributed by atoms with van der Waals surface area (Å²) >= 11 is 0. The van der Waals surface area contributed by atoms with Crippen LogP contribution in [0.15, 0.2) is 47.5 Å². The Morgan fingerprint density at radius 1 is 1.06 bits per heavy atom. The number of anilines is 1. The van der Waals surface area contributed by atoms with E-state index in [0.717, 1.165) is 30.0 Å². The molecule has 2 N–H and O–H groups in total. The van der Waals surface area contributed by atoms with Crippen LogP contribution in [-0.4, -0.2) is 38.9 Å². The standard InChI is InChI=1S/C23H32N4O3S/c1-23(2,3)19-7-9-20(10-8-19)31(29,30)26-13-12-22(28)25-17-18-6-11-21(24-16-18)27-14-4-5-15-27/h6-11,16,26H,4-5,12-15,17H2,1-3H3,(H,25,28). The maximum Gasteiger partial charge on any atom is 0.240 e. The molecule has 0 unspecified atom stereocenters. The van der Waals surface area contributed by atoms with Crippen molar-refractivity contribution in [1.29, 1.82) is 0 Å². The quantitative estimate of drug-likeness (QED) is 0.653. The molecule has 0 bridgehead atoms. The molecule has 1 fully saturated rings. The van der Waals surface area contributed by atoms with Crippen molar-refractivity contribution < 1.29 is 13.2 Å². The molecule has 7 nitrogen and oxygen atoms in total. The number of hydrogen-bond acceptors (Lipinski definition) is 5. The average Bonchev–Trinajstić information content (AvgIpc) is 3.27. The van der Waals surface area contributed by atoms with Crippen molar-refractivity contribution in [3.05, 3.63) is 53.7 Å². The molecule has 0 saturated carbocycles. The molecular weight excluding hydrogens is 412 g/mol. The third kappa shape index (κ3) is 6.51. The second kappa shape index (κ2) is 9.78. The summed E-state index contributed by atoms with van der Waals surface area (Å²) in [6, 6.07) is 10.8. The van der Waals surface area contributed by atoms with Crippen LogP contribution in [-0.2, 0) is 26.8 Å². The van der Waals surface area contributed by atoms with Crippen molar-refractivity contribution in [2.75, 3.05) is 24.5 Å². The lowest BCUT2D eigenvalue weighted by Crippen LogP contribution is -2.30. The molecule has 0 radical (unpaired) electrons. The second-order valence-electron chi connectivity index (χ2n) is 8.92. The van der Waals surface area contributed by atoms with Crippen molar-refractivity contribution >= 4 is 21.7 Å². The number of carbonyl (C=O) groups is 1. The molecule has 168 valence electrons. The van der Waals surface area contributed by atoms with Gasteiger partial charge in [0.25, 0.3) is 0 Å². The van der Waals surface area contributed by atoms with Crippen LogP contribution < -0.4 is 14.9 Å². The summed E-state index contributed by atoms with van der Waals surface area (Å²) < 4.78 is 27.4. The molecule has 0 atom stereocenters. The fourth-order valence-electron chi connectivity index (χ4n) is 3.46. The number of pyridine rings is 1. The van der Waals surface area contributed by atoms with Gasteiger partial charge in [-0.3, -0.25) is 4.79 Å². The zero-order valence-corrected chi connectivity index (χ0v) is 19.3. The van der Waals surface area contributed by atoms with E-state index in [0.29, 0.717) is 6.54 Å². The van der Waals surface area contributed by atoms with E-state index in [1.165, 1.54) is 12.8 Å². The van der Waals surface area contributed by atoms with Gasteiger partial charge in [0.1, 0.15) is 5.82 Å². The highest BCUT2D eigenvalue weighted by Crippen LogP contribution is 2.23. The molecule has 0 aliphatic carbocycles. The van der Waals surface area contributed by atoms with Crippen LogP contribution in [0, 0.1) is 0 Å². The first-order valence-corrected chi connectivity index (χ1v) is 12.2. The Balaban J connectivity index is 1.43. The minimum Gasteiger partial charge on any atom is -0.357 e. The fourth-order valence-corrected chi connectivity index (χ4v) is 4.49. The largest absolute Gasteiger partial charge is 0.357 e. The topological polar surface area (TPSA) is 91.4 Å². The van der Waals surface area contributed by atoms with Gasteiger partial charge in [0.2, 0.25) is 15.9 Å². The van der Waals surface area contributed by atoms with E-state index in [2.05, 4.69) is 40.7 Å². The van der Waals surface area contributed by atoms with Crippen LogP contribution in [0.1, 0.15) is 51.2 Å². The van der Waals surface area contributed by atoms with Gasteiger partial charge in [-0.15, -0.1) is 0 Å². The van der Waals surface area contributed by atoms with Crippen molar-refractivity contribution in [3.8, 4) is 0 Å². The highest BCUT2D eigenvalue weighted by atomic mass is 32.2. The highest BCUT2D eigenvalue weighted by molar-refractivity contribution is 7.89. The van der Waals surface area contributed by atoms with Crippen LogP contribution in [0.5, 0.6) is 0 Å². The maximum absolute atomic E-state index is 12.4. The van der Waals surface area contributed by atoms with Gasteiger partial charge < -0.3 is 10.2 Å². The summed E-state index contributed by atoms with van der Waals surface area (Å²) in [6.07, 6.45) is 4.24. The van der Waals surface area contributed by atoms with Crippen molar-refractivity contribution in [3.63, 3.8) is 0 Å². The molecule has 3 rings (SSSR count). The van der Waals surface area contributed by atoms with Gasteiger partial charge in [-0.05, 0) is 47.6 Å². The molecule has 2 heterocycles. The highest BCUT2D eigenvalue weighted by Gasteiger charge is 2.18. The lowest BCUT2D eigenvalue weighted by molar-refractivity contribution is -0.121. The van der Waals surface area contributed by atoms with Crippen LogP contribution in [0.2, 0.25) is 0 Å². The number of aromatic nitrogens is 1. The lowest BCUT2D eigenvalue weighted by Gasteiger charge is -2.19. The van der Waals surface area contributed by atoms with Gasteiger partial charge >= 0.3 is 0 Å². The Morgan fingerprint density at radius 2 is 1.74 bits per heavy atom. The van der Waals surface area contributed by atoms with Gasteiger partial charge in [0.05, 0.1) is 4.90 Å². The van der Waals surface area contributed by atoms with Crippen molar-refractivity contribution in [2.45, 2.75) is 56.9 Å². The number of hydrogen-bond donors (Lipinski definition) is 2. The summed E-state index contributed by atoms with van der Waals surface area (Å²) in [7, 11) is -3.64. The monoisotopic (exact) mass is 444 g/mol. The first-order valence-electron chi connectivity index (χ1n) is 10.7. The van der Waals surface area contributed by atoms with Crippen molar-refractivity contribution in [2.24, 2.45) is 0 Å². The summed E-state index contributed by atoms with van der Waals surface area (Å²) in [5, 5.41) is 2.81. The molecule has 1 saturated heterocycles. The van der Waals surface area contributed by atoms with Gasteiger partial charge in [0.15, 0.2) is 0 Å². The molecule has 2 aromatic rings. The SMILES string of the molecule is CC(C)(C)c1ccc(S(=O)(=O)NCCC(=O)NCc2ccc(N3CCCC3)nc2)cc1. The summed E-state index contributed by atoms with van der Waals surface area (Å²) in [6.45, 7) is 8.72. The van der Waals surface area contributed by atoms with Crippen LogP contribution in [0.4, 0.5) is 5.82 Å². The van der Waals surface area contributed by atoms with E-state index < -0.39 is 10.0 Å². The van der Waals surface area contributed by atoms with Crippen LogP contribution in [0.3, 0.4) is 0 Å². The molecule has 1 aliphatic heterocycles. The number of nitrogens with zero attached hydrogens (tertiary/aromatic N) is 2. The zero-order valence-electron chi connectivity index (χ0n) is 18.5. The van der Waals surface area contributed by atoms with Crippen LogP contribution >= 0.6 is 0 Å². The molecule has 1 amide bonds. The normalized spacial score (nSPS) is 14.6. The lowest BCUT2D eigenvalue weighted by atomic mass is 9.87. The number of amides is 1. The molecule has 31 heavy (non-hydrogen) atoms. The van der Waals surface area contributed by atoms with E-state index >= 15 is 0 Å². The molecule has 1 aromatic heterocycles. The number of rotatable bonds is 8. The third-order valence-electron chi connectivity index (χ3n) is 5.40. The average molecular weight is 445 g/mol. The zero-order chi connectivity index (χ0) is 22.5. The Bertz CT molecular complexity index is 975. The number of benzene rings is 1. The Morgan fingerprint density at radius 3 is 2.32 bits per heavy atom. The van der Waals surface area contributed by atoms with E-state index in [1.54, 1.807) is 18.3 Å². The van der Waals surface area contributed by atoms with E-state index in [-0.39, 0.29) is 29.2 Å². The fraction of sp³-hybridized carbons (Fsp3) is 0.478. The summed E-state index contributed by atoms with van der Waals surface area (Å²) in [5.74, 6) is 0.756. The second-order valence-corrected chi connectivity index (χ2v) is 10.7. The third-order valence-corrected chi connectivity index (χ3v) is 6.88. The molecule has 8 heteroatoms. The maximum atomic E-state index is 12.4. The Hall–Kier alpha value is -2.45. The first-order chi connectivity index (χ1) is 14.6. The predicted octanol–water partition coefficient (Wildman–Crippen LogP) is 2.96. The van der Waals surface area contributed by atoms with E-state index in [1.807, 2.05) is 24.3 Å². The van der Waals surface area contributed by atoms with Gasteiger partial charge in [-0.2, -0.15) is 0 Å². The van der Waals surface area contributed by atoms with E-state index in [4.69, 9.17) is 0 Å². The molecular formula is C23H32N4O3S. The Kier molecular flexibility index (Phi) is 7.33. The smallest absolute Gasteiger partial charge is 0.240 e. The molecule has 0 spiro atoms. The van der Waals surface area contributed by atoms with E-state index in [9.17, 15) is 13.2 Å². The number of carbonyl (C=O) groups excluding carboxylic acids is 1. The van der Waals surface area contributed by atoms with Gasteiger partial charge in [-0.1, -0.05) is 39.0 Å². The predicted molar refractivity (Wildman–Crippen MR) is 122 cm³/mol. The minimum absolute atomic E-state index is 0.0430. The van der Waals surface area contributed by atoms with Gasteiger partial charge in [-0.25, -0.2) is 18.1 Å². The first kappa shape index (κ1) is 23.2. The molecule has 1 aliphatic rings. The van der Waals surface area contributed by atoms with Crippen molar-refractivity contribution in [1.82, 2.24) is 15.0 Å². The summed E-state index contributed by atoms with van der Waals surface area (Å²) in [4.78, 5) is 19.0. The van der Waals surface area contributed by atoms with Gasteiger partial charge in [0, 0.05) is 38.8 Å². The number of nitrogens with one attached hydrogen (secondary N) is 2. The number of sulfonamides is 1.